The summed E-state index contributed by atoms with van der Waals surface area (Å²) in [6.07, 6.45) is 16.1. The van der Waals surface area contributed by atoms with Crippen LogP contribution in [0.3, 0.4) is 0 Å². The van der Waals surface area contributed by atoms with Gasteiger partial charge >= 0.3 is 0 Å². The second-order valence-electron chi connectivity index (χ2n) is 6.59. The lowest BCUT2D eigenvalue weighted by Crippen LogP contribution is -2.20. The lowest BCUT2D eigenvalue weighted by molar-refractivity contribution is 0.521. The van der Waals surface area contributed by atoms with Crippen LogP contribution in [0.5, 0.6) is 0 Å². The van der Waals surface area contributed by atoms with Crippen molar-refractivity contribution >= 4 is 11.6 Å². The highest BCUT2D eigenvalue weighted by Crippen LogP contribution is 2.52. The topological polar surface area (TPSA) is 0 Å². The Bertz CT molecular complexity index is 765. The van der Waals surface area contributed by atoms with Crippen LogP contribution < -0.4 is 0 Å². The molecule has 1 unspecified atom stereocenters. The van der Waals surface area contributed by atoms with Gasteiger partial charge in [-0.25, -0.2) is 0 Å². The first-order valence-electron chi connectivity index (χ1n) is 7.74. The Morgan fingerprint density at radius 2 is 2.05 bits per heavy atom. The van der Waals surface area contributed by atoms with Crippen LogP contribution in [0.2, 0.25) is 0 Å². The van der Waals surface area contributed by atoms with Gasteiger partial charge in [0, 0.05) is 5.41 Å². The molecule has 0 amide bonds. The van der Waals surface area contributed by atoms with E-state index in [1.165, 1.54) is 33.4 Å². The molecule has 0 heteroatoms. The molecule has 0 fully saturated rings. The van der Waals surface area contributed by atoms with Gasteiger partial charge in [0.15, 0.2) is 0 Å². The van der Waals surface area contributed by atoms with Crippen molar-refractivity contribution in [3.63, 3.8) is 0 Å². The number of benzene rings is 1. The van der Waals surface area contributed by atoms with E-state index in [0.29, 0.717) is 0 Å². The van der Waals surface area contributed by atoms with E-state index in [1.807, 2.05) is 0 Å². The molecule has 3 aliphatic carbocycles. The van der Waals surface area contributed by atoms with E-state index in [-0.39, 0.29) is 5.41 Å². The fraction of sp³-hybridized carbons (Fsp3) is 0.238. The minimum absolute atomic E-state index is 0.117. The van der Waals surface area contributed by atoms with Gasteiger partial charge in [-0.3, -0.25) is 0 Å². The van der Waals surface area contributed by atoms with Crippen molar-refractivity contribution in [2.75, 3.05) is 0 Å². The highest BCUT2D eigenvalue weighted by atomic mass is 14.4. The third-order valence-electron chi connectivity index (χ3n) is 4.95. The summed E-state index contributed by atoms with van der Waals surface area (Å²) >= 11 is 0. The Hall–Kier alpha value is -2.08. The molecule has 0 spiro atoms. The van der Waals surface area contributed by atoms with E-state index >= 15 is 0 Å². The molecular formula is C21H20. The monoisotopic (exact) mass is 272 g/mol. The van der Waals surface area contributed by atoms with Gasteiger partial charge < -0.3 is 0 Å². The van der Waals surface area contributed by atoms with Gasteiger partial charge in [-0.15, -0.1) is 0 Å². The maximum Gasteiger partial charge on any atom is 0.0150 e. The Balaban J connectivity index is 1.80. The number of allylic oxidation sites excluding steroid dienone is 9. The molecule has 104 valence electrons. The van der Waals surface area contributed by atoms with Crippen LogP contribution in [0.1, 0.15) is 37.8 Å². The zero-order chi connectivity index (χ0) is 14.4. The van der Waals surface area contributed by atoms with E-state index in [1.54, 1.807) is 0 Å². The van der Waals surface area contributed by atoms with Crippen molar-refractivity contribution in [2.45, 2.75) is 26.7 Å². The van der Waals surface area contributed by atoms with Gasteiger partial charge in [0.25, 0.3) is 0 Å². The van der Waals surface area contributed by atoms with Gasteiger partial charge in [0.05, 0.1) is 0 Å². The molecule has 0 aromatic heterocycles. The van der Waals surface area contributed by atoms with E-state index in [9.17, 15) is 0 Å². The number of fused-ring (bicyclic) bond motifs is 3. The molecule has 0 saturated heterocycles. The smallest absolute Gasteiger partial charge is 0.0150 e. The molecule has 0 heterocycles. The molecule has 21 heavy (non-hydrogen) atoms. The van der Waals surface area contributed by atoms with Gasteiger partial charge in [-0.05, 0) is 53.7 Å². The number of rotatable bonds is 2. The van der Waals surface area contributed by atoms with Gasteiger partial charge in [-0.2, -0.15) is 0 Å². The van der Waals surface area contributed by atoms with Crippen molar-refractivity contribution in [3.05, 3.63) is 82.5 Å². The molecule has 0 bridgehead atoms. The van der Waals surface area contributed by atoms with Gasteiger partial charge in [0.2, 0.25) is 0 Å². The van der Waals surface area contributed by atoms with Crippen LogP contribution in [-0.4, -0.2) is 0 Å². The predicted octanol–water partition coefficient (Wildman–Crippen LogP) is 5.71. The normalized spacial score (nSPS) is 25.8. The summed E-state index contributed by atoms with van der Waals surface area (Å²) in [7, 11) is 0. The van der Waals surface area contributed by atoms with E-state index in [4.69, 9.17) is 0 Å². The summed E-state index contributed by atoms with van der Waals surface area (Å²) in [5, 5.41) is 0. The summed E-state index contributed by atoms with van der Waals surface area (Å²) in [6, 6.07) is 8.78. The van der Waals surface area contributed by atoms with Crippen molar-refractivity contribution in [1.82, 2.24) is 0 Å². The van der Waals surface area contributed by atoms with Crippen LogP contribution in [0.25, 0.3) is 11.6 Å². The summed E-state index contributed by atoms with van der Waals surface area (Å²) in [5.74, 6) is 0. The molecule has 1 aromatic rings. The standard InChI is InChI=1S/C21H20/c1-15-11-12-21(2,14-16-7-3-4-8-16)19-13-17-9-5-6-10-18(17)20(15)19/h3-7,9-13H,8,14H2,1-2H3. The summed E-state index contributed by atoms with van der Waals surface area (Å²) in [4.78, 5) is 0. The average molecular weight is 272 g/mol. The van der Waals surface area contributed by atoms with Gasteiger partial charge in [-0.1, -0.05) is 67.1 Å². The minimum Gasteiger partial charge on any atom is -0.0805 e. The zero-order valence-corrected chi connectivity index (χ0v) is 12.7. The third-order valence-corrected chi connectivity index (χ3v) is 4.95. The highest BCUT2D eigenvalue weighted by Gasteiger charge is 2.36. The van der Waals surface area contributed by atoms with Crippen LogP contribution >= 0.6 is 0 Å². The fourth-order valence-corrected chi connectivity index (χ4v) is 3.83. The summed E-state index contributed by atoms with van der Waals surface area (Å²) < 4.78 is 0. The van der Waals surface area contributed by atoms with Crippen LogP contribution in [-0.2, 0) is 0 Å². The first-order chi connectivity index (χ1) is 10.2. The molecule has 0 saturated carbocycles. The molecule has 0 N–H and O–H groups in total. The molecule has 1 atom stereocenters. The third kappa shape index (κ3) is 1.90. The highest BCUT2D eigenvalue weighted by molar-refractivity contribution is 5.98. The van der Waals surface area contributed by atoms with E-state index in [2.05, 4.69) is 74.6 Å². The van der Waals surface area contributed by atoms with Crippen molar-refractivity contribution in [2.24, 2.45) is 5.41 Å². The first-order valence-corrected chi connectivity index (χ1v) is 7.74. The average Bonchev–Trinajstić information content (AvgIpc) is 3.11. The fourth-order valence-electron chi connectivity index (χ4n) is 3.83. The molecule has 4 rings (SSSR count). The summed E-state index contributed by atoms with van der Waals surface area (Å²) in [6.45, 7) is 4.62. The minimum atomic E-state index is 0.117. The molecular weight excluding hydrogens is 252 g/mol. The largest absolute Gasteiger partial charge is 0.0805 e. The molecule has 0 radical (unpaired) electrons. The second kappa shape index (κ2) is 4.46. The Morgan fingerprint density at radius 1 is 1.19 bits per heavy atom. The van der Waals surface area contributed by atoms with Gasteiger partial charge in [0.1, 0.15) is 0 Å². The maximum absolute atomic E-state index is 2.41. The van der Waals surface area contributed by atoms with Crippen LogP contribution in [0.4, 0.5) is 0 Å². The van der Waals surface area contributed by atoms with Crippen molar-refractivity contribution < 1.29 is 0 Å². The molecule has 0 nitrogen and oxygen atoms in total. The van der Waals surface area contributed by atoms with Crippen LogP contribution in [0.15, 0.2) is 71.4 Å². The van der Waals surface area contributed by atoms with E-state index < -0.39 is 0 Å². The maximum atomic E-state index is 2.41. The Kier molecular flexibility index (Phi) is 2.68. The Morgan fingerprint density at radius 3 is 2.86 bits per heavy atom. The zero-order valence-electron chi connectivity index (χ0n) is 12.7. The second-order valence-corrected chi connectivity index (χ2v) is 6.59. The van der Waals surface area contributed by atoms with Crippen molar-refractivity contribution in [1.29, 1.82) is 0 Å². The predicted molar refractivity (Wildman–Crippen MR) is 90.7 cm³/mol. The number of hydrogen-bond acceptors (Lipinski definition) is 0. The summed E-state index contributed by atoms with van der Waals surface area (Å²) in [5.41, 5.74) is 8.78. The SMILES string of the molecule is CC1=C2C(=Cc3ccccc32)C(C)(CC2=CC=CC2)C=C1. The molecule has 1 aromatic carbocycles. The Labute approximate surface area is 126 Å². The number of hydrogen-bond donors (Lipinski definition) is 0. The lowest BCUT2D eigenvalue weighted by Gasteiger charge is -2.33. The quantitative estimate of drug-likeness (QED) is 0.647. The van der Waals surface area contributed by atoms with E-state index in [0.717, 1.165) is 12.8 Å². The molecule has 0 aliphatic heterocycles. The molecule has 3 aliphatic rings. The first kappa shape index (κ1) is 12.6. The van der Waals surface area contributed by atoms with Crippen molar-refractivity contribution in [3.8, 4) is 0 Å². The lowest BCUT2D eigenvalue weighted by atomic mass is 9.70. The van der Waals surface area contributed by atoms with Crippen LogP contribution in [0, 0.1) is 5.41 Å².